The van der Waals surface area contributed by atoms with Crippen LogP contribution in [-0.4, -0.2) is 34.0 Å². The van der Waals surface area contributed by atoms with Crippen molar-refractivity contribution in [2.24, 2.45) is 0 Å². The van der Waals surface area contributed by atoms with Crippen molar-refractivity contribution in [3.63, 3.8) is 0 Å². The monoisotopic (exact) mass is 399 g/mol. The fraction of sp³-hybridized carbons (Fsp3) is 0.231. The SMILES string of the molecule is CCc1nsc(NS(=O)(=O)c2ccc(-c3ccnc(SC)n3)s2)n1. The second-order valence-electron chi connectivity index (χ2n) is 4.52. The molecule has 0 radical (unpaired) electrons. The van der Waals surface area contributed by atoms with E-state index in [4.69, 9.17) is 0 Å². The van der Waals surface area contributed by atoms with Gasteiger partial charge in [0.15, 0.2) is 5.16 Å². The zero-order valence-corrected chi connectivity index (χ0v) is 16.0. The molecule has 0 bridgehead atoms. The van der Waals surface area contributed by atoms with Gasteiger partial charge in [0.1, 0.15) is 10.0 Å². The smallest absolute Gasteiger partial charge is 0.253 e. The number of hydrogen-bond acceptors (Lipinski definition) is 9. The summed E-state index contributed by atoms with van der Waals surface area (Å²) >= 11 is 3.62. The minimum Gasteiger partial charge on any atom is -0.253 e. The van der Waals surface area contributed by atoms with Crippen LogP contribution in [0.5, 0.6) is 0 Å². The number of hydrogen-bond donors (Lipinski definition) is 1. The van der Waals surface area contributed by atoms with Crippen molar-refractivity contribution in [1.29, 1.82) is 0 Å². The molecule has 0 aliphatic carbocycles. The van der Waals surface area contributed by atoms with Gasteiger partial charge in [-0.15, -0.1) is 11.3 Å². The van der Waals surface area contributed by atoms with Gasteiger partial charge in [-0.1, -0.05) is 18.7 Å². The fourth-order valence-corrected chi connectivity index (χ4v) is 5.29. The Labute approximate surface area is 151 Å². The third-order valence-electron chi connectivity index (χ3n) is 2.92. The highest BCUT2D eigenvalue weighted by atomic mass is 32.2. The summed E-state index contributed by atoms with van der Waals surface area (Å²) in [7, 11) is -3.68. The molecule has 0 fully saturated rings. The van der Waals surface area contributed by atoms with Crippen molar-refractivity contribution in [1.82, 2.24) is 19.3 Å². The summed E-state index contributed by atoms with van der Waals surface area (Å²) in [6.45, 7) is 1.91. The van der Waals surface area contributed by atoms with Crippen molar-refractivity contribution in [3.8, 4) is 10.6 Å². The van der Waals surface area contributed by atoms with Crippen LogP contribution in [0.1, 0.15) is 12.7 Å². The Morgan fingerprint density at radius 3 is 2.79 bits per heavy atom. The lowest BCUT2D eigenvalue weighted by Gasteiger charge is -2.01. The molecule has 0 amide bonds. The Kier molecular flexibility index (Phi) is 5.13. The quantitative estimate of drug-likeness (QED) is 0.502. The van der Waals surface area contributed by atoms with Crippen LogP contribution in [0.15, 0.2) is 33.8 Å². The second kappa shape index (κ2) is 7.13. The summed E-state index contributed by atoms with van der Waals surface area (Å²) < 4.78 is 31.7. The summed E-state index contributed by atoms with van der Waals surface area (Å²) in [6.07, 6.45) is 4.21. The van der Waals surface area contributed by atoms with Crippen LogP contribution in [0.3, 0.4) is 0 Å². The van der Waals surface area contributed by atoms with Gasteiger partial charge in [0.05, 0.1) is 10.6 Å². The summed E-state index contributed by atoms with van der Waals surface area (Å²) in [5, 5.41) is 0.915. The molecule has 0 aromatic carbocycles. The number of thioether (sulfide) groups is 1. The zero-order chi connectivity index (χ0) is 17.2. The van der Waals surface area contributed by atoms with E-state index in [-0.39, 0.29) is 9.34 Å². The maximum Gasteiger partial charge on any atom is 0.273 e. The molecule has 3 aromatic rings. The van der Waals surface area contributed by atoms with Gasteiger partial charge in [-0.05, 0) is 24.5 Å². The van der Waals surface area contributed by atoms with Crippen molar-refractivity contribution in [3.05, 3.63) is 30.2 Å². The Balaban J connectivity index is 1.85. The van der Waals surface area contributed by atoms with E-state index < -0.39 is 10.0 Å². The number of aromatic nitrogens is 4. The molecule has 1 N–H and O–H groups in total. The topological polar surface area (TPSA) is 97.7 Å². The molecule has 0 aliphatic rings. The molecule has 0 aliphatic heterocycles. The Hall–Kier alpha value is -1.56. The number of thiophene rings is 1. The first kappa shape index (κ1) is 17.3. The van der Waals surface area contributed by atoms with E-state index in [0.29, 0.717) is 23.1 Å². The zero-order valence-electron chi connectivity index (χ0n) is 12.8. The van der Waals surface area contributed by atoms with E-state index in [1.54, 1.807) is 24.4 Å². The predicted molar refractivity (Wildman–Crippen MR) is 97.2 cm³/mol. The number of nitrogens with one attached hydrogen (secondary N) is 1. The van der Waals surface area contributed by atoms with Gasteiger partial charge in [0, 0.05) is 24.2 Å². The molecule has 0 spiro atoms. The number of anilines is 1. The first-order chi connectivity index (χ1) is 11.5. The first-order valence-corrected chi connectivity index (χ1v) is 11.1. The molecule has 3 heterocycles. The standard InChI is InChI=1S/C13H13N5O2S4/c1-3-10-16-13(23-17-10)18-24(19,20)11-5-4-9(22-11)8-6-7-14-12(15-8)21-2/h4-7H,3H2,1-2H3,(H,16,17,18). The molecule has 0 atom stereocenters. The number of aryl methyl sites for hydroxylation is 1. The molecule has 126 valence electrons. The van der Waals surface area contributed by atoms with Crippen LogP contribution >= 0.6 is 34.6 Å². The Morgan fingerprint density at radius 1 is 1.25 bits per heavy atom. The third kappa shape index (κ3) is 3.74. The molecule has 24 heavy (non-hydrogen) atoms. The van der Waals surface area contributed by atoms with Crippen molar-refractivity contribution < 1.29 is 8.42 Å². The Morgan fingerprint density at radius 2 is 2.08 bits per heavy atom. The van der Waals surface area contributed by atoms with Crippen LogP contribution in [-0.2, 0) is 16.4 Å². The molecule has 0 saturated heterocycles. The summed E-state index contributed by atoms with van der Waals surface area (Å²) in [4.78, 5) is 13.4. The number of rotatable bonds is 6. The summed E-state index contributed by atoms with van der Waals surface area (Å²) in [5.74, 6) is 0.621. The van der Waals surface area contributed by atoms with Crippen molar-refractivity contribution in [2.45, 2.75) is 22.7 Å². The van der Waals surface area contributed by atoms with E-state index >= 15 is 0 Å². The van der Waals surface area contributed by atoms with Crippen LogP contribution in [0, 0.1) is 0 Å². The lowest BCUT2D eigenvalue weighted by Crippen LogP contribution is -2.11. The average Bonchev–Trinajstić information content (AvgIpc) is 3.24. The molecule has 3 aromatic heterocycles. The molecule has 3 rings (SSSR count). The van der Waals surface area contributed by atoms with Crippen LogP contribution in [0.25, 0.3) is 10.6 Å². The van der Waals surface area contributed by atoms with Crippen LogP contribution < -0.4 is 4.72 Å². The number of sulfonamides is 1. The molecule has 11 heteroatoms. The molecule has 0 saturated carbocycles. The van der Waals surface area contributed by atoms with E-state index in [9.17, 15) is 8.42 Å². The maximum absolute atomic E-state index is 12.5. The maximum atomic E-state index is 12.5. The lowest BCUT2D eigenvalue weighted by atomic mass is 10.3. The molecular formula is C13H13N5O2S4. The van der Waals surface area contributed by atoms with Gasteiger partial charge in [0.25, 0.3) is 10.0 Å². The second-order valence-corrected chi connectivity index (χ2v) is 9.04. The van der Waals surface area contributed by atoms with Gasteiger partial charge < -0.3 is 0 Å². The molecule has 0 unspecified atom stereocenters. The lowest BCUT2D eigenvalue weighted by molar-refractivity contribution is 0.603. The van der Waals surface area contributed by atoms with E-state index in [2.05, 4.69) is 24.0 Å². The van der Waals surface area contributed by atoms with E-state index in [1.807, 2.05) is 13.2 Å². The first-order valence-electron chi connectivity index (χ1n) is 6.84. The summed E-state index contributed by atoms with van der Waals surface area (Å²) in [5.41, 5.74) is 0.699. The van der Waals surface area contributed by atoms with Gasteiger partial charge >= 0.3 is 0 Å². The molecule has 7 nitrogen and oxygen atoms in total. The van der Waals surface area contributed by atoms with Gasteiger partial charge in [-0.25, -0.2) is 23.4 Å². The summed E-state index contributed by atoms with van der Waals surface area (Å²) in [6, 6.07) is 5.06. The van der Waals surface area contributed by atoms with E-state index in [1.165, 1.54) is 11.8 Å². The fourth-order valence-electron chi connectivity index (χ4n) is 1.78. The highest BCUT2D eigenvalue weighted by Gasteiger charge is 2.20. The predicted octanol–water partition coefficient (Wildman–Crippen LogP) is 3.14. The average molecular weight is 400 g/mol. The van der Waals surface area contributed by atoms with Crippen LogP contribution in [0.4, 0.5) is 5.13 Å². The largest absolute Gasteiger partial charge is 0.273 e. The number of nitrogens with zero attached hydrogens (tertiary/aromatic N) is 4. The van der Waals surface area contributed by atoms with Gasteiger partial charge in [0.2, 0.25) is 5.13 Å². The Bertz CT molecular complexity index is 951. The molecular weight excluding hydrogens is 386 g/mol. The minimum atomic E-state index is -3.68. The minimum absolute atomic E-state index is 0.204. The highest BCUT2D eigenvalue weighted by molar-refractivity contribution is 7.98. The van der Waals surface area contributed by atoms with Gasteiger partial charge in [-0.2, -0.15) is 4.37 Å². The van der Waals surface area contributed by atoms with Crippen LogP contribution in [0.2, 0.25) is 0 Å². The van der Waals surface area contributed by atoms with Gasteiger partial charge in [-0.3, -0.25) is 4.72 Å². The van der Waals surface area contributed by atoms with E-state index in [0.717, 1.165) is 27.7 Å². The van der Waals surface area contributed by atoms with Crippen molar-refractivity contribution >= 4 is 49.8 Å². The normalized spacial score (nSPS) is 11.6. The van der Waals surface area contributed by atoms with Crippen molar-refractivity contribution in [2.75, 3.05) is 11.0 Å². The highest BCUT2D eigenvalue weighted by Crippen LogP contribution is 2.31. The third-order valence-corrected chi connectivity index (χ3v) is 7.22.